The molecule has 1 fully saturated rings. The van der Waals surface area contributed by atoms with E-state index in [2.05, 4.69) is 14.7 Å². The molecule has 2 amide bonds. The molecule has 31 heavy (non-hydrogen) atoms. The first-order valence-corrected chi connectivity index (χ1v) is 12.4. The van der Waals surface area contributed by atoms with E-state index in [9.17, 15) is 9.59 Å². The average molecular weight is 461 g/mol. The summed E-state index contributed by atoms with van der Waals surface area (Å²) in [5, 5.41) is 4.55. The molecule has 0 unspecified atom stereocenters. The summed E-state index contributed by atoms with van der Waals surface area (Å²) >= 11 is 3.34. The number of carbonyl (C=O) groups is 2. The molecule has 0 radical (unpaired) electrons. The highest BCUT2D eigenvalue weighted by molar-refractivity contribution is 8.04. The molecule has 4 heterocycles. The van der Waals surface area contributed by atoms with E-state index in [0.29, 0.717) is 16.7 Å². The van der Waals surface area contributed by atoms with Crippen molar-refractivity contribution in [3.8, 4) is 0 Å². The van der Waals surface area contributed by atoms with E-state index >= 15 is 0 Å². The van der Waals surface area contributed by atoms with E-state index < -0.39 is 5.60 Å². The first kappa shape index (κ1) is 22.1. The van der Waals surface area contributed by atoms with Crippen LogP contribution < -0.4 is 5.32 Å². The standard InChI is InChI=1S/C22H28N4O3S2/c1-22(2,3)29-21(28)25-10-7-16(8-11-25)30-12-9-23-20(27)17-13-15-14-24-18-5-4-6-19(31-17)26(15)18/h4-6,13-14,16H,7-12H2,1-3H3,(H,23,27). The maximum atomic E-state index is 12.6. The molecule has 9 heteroatoms. The first-order chi connectivity index (χ1) is 14.8. The van der Waals surface area contributed by atoms with Crippen molar-refractivity contribution in [3.05, 3.63) is 35.0 Å². The Hall–Kier alpha value is -2.13. The van der Waals surface area contributed by atoms with Crippen LogP contribution in [0.1, 0.15) is 39.3 Å². The minimum absolute atomic E-state index is 0.0465. The Morgan fingerprint density at radius 2 is 2.06 bits per heavy atom. The lowest BCUT2D eigenvalue weighted by molar-refractivity contribution is -0.116. The SMILES string of the molecule is CC(C)(C)OC(=O)N1CCC(SCCNC(=O)C2=Cc3cnc4cccc(n34)S2)CC1. The zero-order valence-electron chi connectivity index (χ0n) is 18.1. The average Bonchev–Trinajstić information content (AvgIpc) is 3.15. The van der Waals surface area contributed by atoms with Crippen molar-refractivity contribution in [2.24, 2.45) is 0 Å². The number of hydrogen-bond donors (Lipinski definition) is 1. The van der Waals surface area contributed by atoms with Gasteiger partial charge in [0.15, 0.2) is 0 Å². The lowest BCUT2D eigenvalue weighted by atomic mass is 10.1. The molecule has 166 valence electrons. The molecule has 0 atom stereocenters. The first-order valence-electron chi connectivity index (χ1n) is 10.5. The quantitative estimate of drug-likeness (QED) is 0.679. The summed E-state index contributed by atoms with van der Waals surface area (Å²) < 4.78 is 7.51. The van der Waals surface area contributed by atoms with Gasteiger partial charge in [0, 0.05) is 30.6 Å². The number of nitrogens with one attached hydrogen (secondary N) is 1. The number of rotatable bonds is 5. The zero-order chi connectivity index (χ0) is 22.0. The number of piperidine rings is 1. The maximum absolute atomic E-state index is 12.6. The fourth-order valence-corrected chi connectivity index (χ4v) is 5.71. The molecule has 4 rings (SSSR count). The molecule has 0 aliphatic carbocycles. The van der Waals surface area contributed by atoms with Gasteiger partial charge in [-0.25, -0.2) is 9.78 Å². The van der Waals surface area contributed by atoms with Crippen LogP contribution in [0, 0.1) is 0 Å². The van der Waals surface area contributed by atoms with Gasteiger partial charge in [-0.3, -0.25) is 9.20 Å². The number of imidazole rings is 1. The van der Waals surface area contributed by atoms with Crippen molar-refractivity contribution in [3.63, 3.8) is 0 Å². The third kappa shape index (κ3) is 5.38. The minimum atomic E-state index is -0.459. The second-order valence-electron chi connectivity index (χ2n) is 8.64. The summed E-state index contributed by atoms with van der Waals surface area (Å²) in [4.78, 5) is 31.7. The van der Waals surface area contributed by atoms with Crippen LogP contribution in [0.5, 0.6) is 0 Å². The molecule has 1 saturated heterocycles. The number of carbonyl (C=O) groups excluding carboxylic acids is 2. The highest BCUT2D eigenvalue weighted by Gasteiger charge is 2.27. The van der Waals surface area contributed by atoms with Gasteiger partial charge < -0.3 is 15.0 Å². The molecular weight excluding hydrogens is 432 g/mol. The Morgan fingerprint density at radius 3 is 2.81 bits per heavy atom. The van der Waals surface area contributed by atoms with Gasteiger partial charge in [-0.05, 0) is 51.8 Å². The van der Waals surface area contributed by atoms with Crippen molar-refractivity contribution in [1.29, 1.82) is 0 Å². The van der Waals surface area contributed by atoms with Crippen LogP contribution in [-0.2, 0) is 9.53 Å². The number of pyridine rings is 1. The third-order valence-electron chi connectivity index (χ3n) is 5.07. The minimum Gasteiger partial charge on any atom is -0.444 e. The van der Waals surface area contributed by atoms with Crippen LogP contribution in [0.15, 0.2) is 34.3 Å². The molecule has 0 aromatic carbocycles. The van der Waals surface area contributed by atoms with E-state index in [1.807, 2.05) is 56.8 Å². The van der Waals surface area contributed by atoms with Crippen molar-refractivity contribution >= 4 is 47.2 Å². The molecule has 2 aromatic heterocycles. The van der Waals surface area contributed by atoms with Gasteiger partial charge in [-0.1, -0.05) is 17.8 Å². The maximum Gasteiger partial charge on any atom is 0.410 e. The van der Waals surface area contributed by atoms with Gasteiger partial charge in [0.05, 0.1) is 21.8 Å². The number of amides is 2. The van der Waals surface area contributed by atoms with Crippen LogP contribution >= 0.6 is 23.5 Å². The summed E-state index contributed by atoms with van der Waals surface area (Å²) in [5.41, 5.74) is 1.37. The van der Waals surface area contributed by atoms with Crippen molar-refractivity contribution in [2.45, 2.75) is 49.5 Å². The van der Waals surface area contributed by atoms with Gasteiger partial charge in [0.2, 0.25) is 0 Å². The molecule has 2 aliphatic heterocycles. The third-order valence-corrected chi connectivity index (χ3v) is 7.51. The molecule has 0 saturated carbocycles. The van der Waals surface area contributed by atoms with E-state index in [0.717, 1.165) is 48.1 Å². The number of aromatic nitrogens is 2. The molecule has 0 spiro atoms. The van der Waals surface area contributed by atoms with Crippen LogP contribution in [0.2, 0.25) is 0 Å². The fourth-order valence-electron chi connectivity index (χ4n) is 3.61. The van der Waals surface area contributed by atoms with Gasteiger partial charge in [-0.15, -0.1) is 0 Å². The van der Waals surface area contributed by atoms with E-state index in [1.54, 1.807) is 11.1 Å². The number of ether oxygens (including phenoxy) is 1. The zero-order valence-corrected chi connectivity index (χ0v) is 19.7. The predicted octanol–water partition coefficient (Wildman–Crippen LogP) is 4.03. The Morgan fingerprint density at radius 1 is 1.29 bits per heavy atom. The van der Waals surface area contributed by atoms with Crippen LogP contribution in [-0.4, -0.2) is 62.5 Å². The van der Waals surface area contributed by atoms with Crippen LogP contribution in [0.25, 0.3) is 11.7 Å². The fraction of sp³-hybridized carbons (Fsp3) is 0.500. The van der Waals surface area contributed by atoms with Gasteiger partial charge in [0.1, 0.15) is 11.2 Å². The highest BCUT2D eigenvalue weighted by Crippen LogP contribution is 2.34. The van der Waals surface area contributed by atoms with Gasteiger partial charge >= 0.3 is 6.09 Å². The van der Waals surface area contributed by atoms with E-state index in [1.165, 1.54) is 11.8 Å². The molecule has 2 aliphatic rings. The monoisotopic (exact) mass is 460 g/mol. The van der Waals surface area contributed by atoms with Gasteiger partial charge in [0.25, 0.3) is 5.91 Å². The summed E-state index contributed by atoms with van der Waals surface area (Å²) in [5.74, 6) is 0.809. The number of nitrogens with zero attached hydrogens (tertiary/aromatic N) is 3. The molecule has 7 nitrogen and oxygen atoms in total. The van der Waals surface area contributed by atoms with Gasteiger partial charge in [-0.2, -0.15) is 11.8 Å². The van der Waals surface area contributed by atoms with Crippen LogP contribution in [0.4, 0.5) is 4.79 Å². The Labute approximate surface area is 191 Å². The number of hydrogen-bond acceptors (Lipinski definition) is 6. The number of likely N-dealkylation sites (tertiary alicyclic amines) is 1. The lowest BCUT2D eigenvalue weighted by Crippen LogP contribution is -2.42. The Kier molecular flexibility index (Phi) is 6.52. The summed E-state index contributed by atoms with van der Waals surface area (Å²) in [6, 6.07) is 5.92. The van der Waals surface area contributed by atoms with Crippen LogP contribution in [0.3, 0.4) is 0 Å². The highest BCUT2D eigenvalue weighted by atomic mass is 32.2. The number of thioether (sulfide) groups is 2. The lowest BCUT2D eigenvalue weighted by Gasteiger charge is -2.33. The van der Waals surface area contributed by atoms with Crippen molar-refractivity contribution < 1.29 is 14.3 Å². The van der Waals surface area contributed by atoms with Crippen molar-refractivity contribution in [2.75, 3.05) is 25.4 Å². The predicted molar refractivity (Wildman–Crippen MR) is 125 cm³/mol. The smallest absolute Gasteiger partial charge is 0.410 e. The largest absolute Gasteiger partial charge is 0.444 e. The molecular formula is C22H28N4O3S2. The second-order valence-corrected chi connectivity index (χ2v) is 11.1. The Bertz CT molecular complexity index is 1000. The molecule has 2 aromatic rings. The van der Waals surface area contributed by atoms with E-state index in [-0.39, 0.29) is 12.0 Å². The van der Waals surface area contributed by atoms with E-state index in [4.69, 9.17) is 4.74 Å². The molecule has 1 N–H and O–H groups in total. The second kappa shape index (κ2) is 9.16. The van der Waals surface area contributed by atoms with Crippen molar-refractivity contribution in [1.82, 2.24) is 19.6 Å². The summed E-state index contributed by atoms with van der Waals surface area (Å²) in [7, 11) is 0. The summed E-state index contributed by atoms with van der Waals surface area (Å²) in [6.45, 7) is 7.73. The summed E-state index contributed by atoms with van der Waals surface area (Å²) in [6.07, 6.45) is 5.37. The molecule has 0 bridgehead atoms. The Balaban J connectivity index is 1.19. The topological polar surface area (TPSA) is 75.9 Å². The normalized spacial score (nSPS) is 16.9.